The number of hydrogen-bond acceptors (Lipinski definition) is 4. The number of nitrogens with zero attached hydrogens (tertiary/aromatic N) is 3. The predicted octanol–water partition coefficient (Wildman–Crippen LogP) is 2.34. The van der Waals surface area contributed by atoms with Crippen LogP contribution in [0, 0.1) is 5.82 Å². The molecule has 1 aromatic rings. The molecule has 1 atom stereocenters. The van der Waals surface area contributed by atoms with Gasteiger partial charge < -0.3 is 14.9 Å². The van der Waals surface area contributed by atoms with Gasteiger partial charge >= 0.3 is 12.3 Å². The molecular weight excluding hydrogens is 326 g/mol. The van der Waals surface area contributed by atoms with Crippen molar-refractivity contribution in [2.24, 2.45) is 0 Å². The Morgan fingerprint density at radius 3 is 2.64 bits per heavy atom. The van der Waals surface area contributed by atoms with E-state index in [2.05, 4.69) is 17.6 Å². The van der Waals surface area contributed by atoms with Gasteiger partial charge in [-0.1, -0.05) is 0 Å². The molecule has 10 heteroatoms. The number of aromatic nitrogens is 1. The lowest BCUT2D eigenvalue weighted by atomic mass is 10.1. The zero-order valence-corrected chi connectivity index (χ0v) is 12.1. The molecule has 0 unspecified atom stereocenters. The maximum Gasteiger partial charge on any atom is 0.417 e. The van der Waals surface area contributed by atoms with Crippen molar-refractivity contribution in [3.63, 3.8) is 0 Å². The number of alkyl halides is 3. The Kier molecular flexibility index (Phi) is 4.69. The lowest BCUT2D eigenvalue weighted by Crippen LogP contribution is -2.56. The number of piperazine rings is 1. The highest BCUT2D eigenvalue weighted by molar-refractivity contribution is 7.80. The SMILES string of the molecule is O=C(O)N1CCN(c2ncc(C(F)(F)F)cc2F)[C@@H](CS)C1. The number of thiol groups is 1. The standard InChI is InChI=1S/C12H13F4N3O2S/c13-9-3-7(12(14,15)16)4-17-10(9)19-2-1-18(11(20)21)5-8(19)6-22/h3-4,8,22H,1-2,5-6H2,(H,20,21)/t8-/m1/s1. The van der Waals surface area contributed by atoms with E-state index in [-0.39, 0.29) is 31.2 Å². The first-order valence-electron chi connectivity index (χ1n) is 6.32. The van der Waals surface area contributed by atoms with E-state index in [1.54, 1.807) is 0 Å². The molecule has 2 rings (SSSR count). The summed E-state index contributed by atoms with van der Waals surface area (Å²) < 4.78 is 51.5. The lowest BCUT2D eigenvalue weighted by molar-refractivity contribution is -0.138. The normalized spacial score (nSPS) is 19.4. The Morgan fingerprint density at radius 1 is 1.45 bits per heavy atom. The Hall–Kier alpha value is -1.71. The zero-order chi connectivity index (χ0) is 16.5. The molecule has 5 nitrogen and oxygen atoms in total. The molecule has 1 aliphatic rings. The van der Waals surface area contributed by atoms with Gasteiger partial charge in [0.15, 0.2) is 11.6 Å². The summed E-state index contributed by atoms with van der Waals surface area (Å²) in [6.45, 7) is 0.329. The Morgan fingerprint density at radius 2 is 2.14 bits per heavy atom. The maximum atomic E-state index is 14.0. The van der Waals surface area contributed by atoms with Crippen molar-refractivity contribution in [3.8, 4) is 0 Å². The van der Waals surface area contributed by atoms with Crippen LogP contribution < -0.4 is 4.90 Å². The van der Waals surface area contributed by atoms with Gasteiger partial charge in [-0.2, -0.15) is 25.8 Å². The topological polar surface area (TPSA) is 56.7 Å². The van der Waals surface area contributed by atoms with Crippen LogP contribution in [0.3, 0.4) is 0 Å². The monoisotopic (exact) mass is 339 g/mol. The zero-order valence-electron chi connectivity index (χ0n) is 11.2. The largest absolute Gasteiger partial charge is 0.465 e. The van der Waals surface area contributed by atoms with Gasteiger partial charge in [0.05, 0.1) is 11.6 Å². The van der Waals surface area contributed by atoms with Gasteiger partial charge in [-0.15, -0.1) is 0 Å². The number of carbonyl (C=O) groups is 1. The van der Waals surface area contributed by atoms with E-state index in [1.807, 2.05) is 0 Å². The maximum absolute atomic E-state index is 14.0. The second kappa shape index (κ2) is 6.19. The van der Waals surface area contributed by atoms with Gasteiger partial charge in [-0.3, -0.25) is 0 Å². The van der Waals surface area contributed by atoms with Gasteiger partial charge in [0.25, 0.3) is 0 Å². The third kappa shape index (κ3) is 3.37. The fraction of sp³-hybridized carbons (Fsp3) is 0.500. The molecule has 122 valence electrons. The van der Waals surface area contributed by atoms with Gasteiger partial charge in [0.1, 0.15) is 0 Å². The number of anilines is 1. The van der Waals surface area contributed by atoms with E-state index in [4.69, 9.17) is 5.11 Å². The number of hydrogen-bond donors (Lipinski definition) is 2. The average molecular weight is 339 g/mol. The van der Waals surface area contributed by atoms with Crippen molar-refractivity contribution in [1.82, 2.24) is 9.88 Å². The highest BCUT2D eigenvalue weighted by Crippen LogP contribution is 2.31. The molecule has 0 aromatic carbocycles. The first kappa shape index (κ1) is 16.7. The molecule has 0 spiro atoms. The molecule has 0 radical (unpaired) electrons. The minimum atomic E-state index is -4.67. The highest BCUT2D eigenvalue weighted by atomic mass is 32.1. The van der Waals surface area contributed by atoms with E-state index in [9.17, 15) is 22.4 Å². The molecule has 1 amide bonds. The third-order valence-electron chi connectivity index (χ3n) is 3.39. The fourth-order valence-electron chi connectivity index (χ4n) is 2.26. The first-order valence-corrected chi connectivity index (χ1v) is 6.95. The van der Waals surface area contributed by atoms with Gasteiger partial charge in [0, 0.05) is 31.6 Å². The van der Waals surface area contributed by atoms with Gasteiger partial charge in [-0.25, -0.2) is 14.2 Å². The lowest BCUT2D eigenvalue weighted by Gasteiger charge is -2.40. The molecule has 0 aliphatic carbocycles. The van der Waals surface area contributed by atoms with E-state index < -0.39 is 29.7 Å². The van der Waals surface area contributed by atoms with Crippen LogP contribution in [0.2, 0.25) is 0 Å². The molecule has 1 saturated heterocycles. The van der Waals surface area contributed by atoms with Crippen LogP contribution in [-0.4, -0.2) is 52.5 Å². The van der Waals surface area contributed by atoms with E-state index in [0.717, 1.165) is 4.90 Å². The molecular formula is C12H13F4N3O2S. The van der Waals surface area contributed by atoms with Crippen molar-refractivity contribution < 1.29 is 27.5 Å². The molecule has 22 heavy (non-hydrogen) atoms. The Bertz CT molecular complexity index is 570. The summed E-state index contributed by atoms with van der Waals surface area (Å²) in [5.74, 6) is -1.10. The quantitative estimate of drug-likeness (QED) is 0.641. The third-order valence-corrected chi connectivity index (χ3v) is 3.81. The molecule has 1 aromatic heterocycles. The second-order valence-electron chi connectivity index (χ2n) is 4.79. The highest BCUT2D eigenvalue weighted by Gasteiger charge is 2.34. The summed E-state index contributed by atoms with van der Waals surface area (Å²) in [7, 11) is 0. The molecule has 0 saturated carbocycles. The molecule has 0 bridgehead atoms. The van der Waals surface area contributed by atoms with E-state index in [1.165, 1.54) is 4.90 Å². The summed E-state index contributed by atoms with van der Waals surface area (Å²) in [5.41, 5.74) is -1.17. The number of rotatable bonds is 2. The van der Waals surface area contributed by atoms with Crippen LogP contribution in [0.1, 0.15) is 5.56 Å². The molecule has 1 aliphatic heterocycles. The van der Waals surface area contributed by atoms with Crippen molar-refractivity contribution in [2.45, 2.75) is 12.2 Å². The van der Waals surface area contributed by atoms with Crippen LogP contribution in [0.5, 0.6) is 0 Å². The molecule has 1 N–H and O–H groups in total. The molecule has 1 fully saturated rings. The van der Waals surface area contributed by atoms with E-state index >= 15 is 0 Å². The Labute approximate surface area is 128 Å². The molecule has 2 heterocycles. The van der Waals surface area contributed by atoms with Gasteiger partial charge in [-0.05, 0) is 6.07 Å². The number of pyridine rings is 1. The summed E-state index contributed by atoms with van der Waals surface area (Å²) in [6, 6.07) is -0.0755. The van der Waals surface area contributed by atoms with Crippen molar-refractivity contribution in [2.75, 3.05) is 30.3 Å². The minimum absolute atomic E-state index is 0.0843. The average Bonchev–Trinajstić information content (AvgIpc) is 2.45. The number of halogens is 4. The number of amides is 1. The second-order valence-corrected chi connectivity index (χ2v) is 5.15. The van der Waals surface area contributed by atoms with Crippen LogP contribution in [0.15, 0.2) is 12.3 Å². The fourth-order valence-corrected chi connectivity index (χ4v) is 2.57. The van der Waals surface area contributed by atoms with Crippen molar-refractivity contribution in [3.05, 3.63) is 23.6 Å². The van der Waals surface area contributed by atoms with E-state index in [0.29, 0.717) is 12.3 Å². The summed E-state index contributed by atoms with van der Waals surface area (Å²) in [5, 5.41) is 8.96. The minimum Gasteiger partial charge on any atom is -0.465 e. The Balaban J connectivity index is 2.26. The predicted molar refractivity (Wildman–Crippen MR) is 73.8 cm³/mol. The van der Waals surface area contributed by atoms with Crippen LogP contribution in [-0.2, 0) is 6.18 Å². The smallest absolute Gasteiger partial charge is 0.417 e. The summed E-state index contributed by atoms with van der Waals surface area (Å²) in [4.78, 5) is 17.1. The first-order chi connectivity index (χ1) is 10.2. The number of carboxylic acid groups (broad SMARTS) is 1. The van der Waals surface area contributed by atoms with Gasteiger partial charge in [0.2, 0.25) is 0 Å². The van der Waals surface area contributed by atoms with Crippen molar-refractivity contribution >= 4 is 24.5 Å². The van der Waals surface area contributed by atoms with Crippen LogP contribution in [0.25, 0.3) is 0 Å². The summed E-state index contributed by atoms with van der Waals surface area (Å²) >= 11 is 4.09. The van der Waals surface area contributed by atoms with Crippen LogP contribution >= 0.6 is 12.6 Å². The van der Waals surface area contributed by atoms with Crippen LogP contribution in [0.4, 0.5) is 28.2 Å². The summed E-state index contributed by atoms with van der Waals surface area (Å²) in [6.07, 6.45) is -5.21. The van der Waals surface area contributed by atoms with Crippen molar-refractivity contribution in [1.29, 1.82) is 0 Å².